The molecule has 0 spiro atoms. The van der Waals surface area contributed by atoms with Crippen molar-refractivity contribution in [3.05, 3.63) is 96.6 Å². The van der Waals surface area contributed by atoms with Crippen molar-refractivity contribution in [2.24, 2.45) is 0 Å². The first-order valence-electron chi connectivity index (χ1n) is 7.96. The molecule has 0 aliphatic rings. The summed E-state index contributed by atoms with van der Waals surface area (Å²) < 4.78 is 1.43. The number of carbonyl (C=O) groups is 1. The van der Waals surface area contributed by atoms with Crippen molar-refractivity contribution in [1.82, 2.24) is 0 Å². The van der Waals surface area contributed by atoms with Gasteiger partial charge in [0.25, 0.3) is 0 Å². The molecule has 3 rings (SSSR count). The number of rotatable bonds is 5. The van der Waals surface area contributed by atoms with Crippen LogP contribution in [-0.2, 0) is 16.6 Å². The number of carboxylic acids is 1. The van der Waals surface area contributed by atoms with Crippen molar-refractivity contribution in [2.45, 2.75) is 11.8 Å². The lowest BCUT2D eigenvalue weighted by atomic mass is 9.70. The van der Waals surface area contributed by atoms with Crippen molar-refractivity contribution in [3.63, 3.8) is 0 Å². The highest BCUT2D eigenvalue weighted by atomic mass is 127. The minimum Gasteiger partial charge on any atom is -0.506 e. The van der Waals surface area contributed by atoms with Gasteiger partial charge in [-0.25, -0.2) is 0 Å². The monoisotopic (exact) mass is 570 g/mol. The predicted octanol–water partition coefficient (Wildman–Crippen LogP) is 5.21. The number of hydrogen-bond donors (Lipinski definition) is 2. The van der Waals surface area contributed by atoms with Gasteiger partial charge in [0.15, 0.2) is 0 Å². The number of aromatic hydroxyl groups is 1. The maximum atomic E-state index is 12.6. The number of benzene rings is 3. The zero-order valence-corrected chi connectivity index (χ0v) is 18.0. The average molecular weight is 570 g/mol. The molecule has 0 saturated heterocycles. The lowest BCUT2D eigenvalue weighted by Gasteiger charge is -2.31. The van der Waals surface area contributed by atoms with Gasteiger partial charge in [-0.3, -0.25) is 4.79 Å². The molecular weight excluding hydrogens is 554 g/mol. The van der Waals surface area contributed by atoms with Crippen molar-refractivity contribution in [1.29, 1.82) is 0 Å². The lowest BCUT2D eigenvalue weighted by Crippen LogP contribution is -2.39. The first kappa shape index (κ1) is 19.2. The Morgan fingerprint density at radius 2 is 1.27 bits per heavy atom. The van der Waals surface area contributed by atoms with Crippen molar-refractivity contribution in [2.75, 3.05) is 0 Å². The Labute approximate surface area is 179 Å². The van der Waals surface area contributed by atoms with Crippen LogP contribution in [0.2, 0.25) is 0 Å². The van der Waals surface area contributed by atoms with Gasteiger partial charge in [0.2, 0.25) is 0 Å². The third kappa shape index (κ3) is 3.59. The van der Waals surface area contributed by atoms with Gasteiger partial charge < -0.3 is 10.2 Å². The molecule has 0 bridgehead atoms. The maximum Gasteiger partial charge on any atom is 0.318 e. The molecule has 0 amide bonds. The van der Waals surface area contributed by atoms with E-state index in [0.29, 0.717) is 13.6 Å². The lowest BCUT2D eigenvalue weighted by molar-refractivity contribution is -0.142. The Kier molecular flexibility index (Phi) is 5.86. The molecule has 0 aliphatic heterocycles. The van der Waals surface area contributed by atoms with Gasteiger partial charge in [-0.15, -0.1) is 0 Å². The first-order chi connectivity index (χ1) is 12.4. The van der Waals surface area contributed by atoms with E-state index in [4.69, 9.17) is 0 Å². The minimum atomic E-state index is -1.20. The minimum absolute atomic E-state index is 0.232. The van der Waals surface area contributed by atoms with Crippen LogP contribution in [0.25, 0.3) is 0 Å². The van der Waals surface area contributed by atoms with Gasteiger partial charge in [-0.2, -0.15) is 0 Å². The van der Waals surface area contributed by atoms with Crippen molar-refractivity contribution in [3.8, 4) is 5.75 Å². The fraction of sp³-hybridized carbons (Fsp3) is 0.0952. The molecule has 0 saturated carbocycles. The normalized spacial score (nSPS) is 11.3. The van der Waals surface area contributed by atoms with Crippen LogP contribution in [-0.4, -0.2) is 16.2 Å². The number of phenols is 1. The first-order valence-corrected chi connectivity index (χ1v) is 10.1. The number of phenolic OH excluding ortho intramolecular Hbond substituents is 1. The van der Waals surface area contributed by atoms with Crippen molar-refractivity contribution >= 4 is 51.2 Å². The van der Waals surface area contributed by atoms with E-state index < -0.39 is 11.4 Å². The predicted molar refractivity (Wildman–Crippen MR) is 119 cm³/mol. The maximum absolute atomic E-state index is 12.6. The summed E-state index contributed by atoms with van der Waals surface area (Å²) in [5, 5.41) is 20.4. The van der Waals surface area contributed by atoms with E-state index in [9.17, 15) is 15.0 Å². The summed E-state index contributed by atoms with van der Waals surface area (Å²) in [5.74, 6) is -0.664. The summed E-state index contributed by atoms with van der Waals surface area (Å²) >= 11 is 4.14. The number of aliphatic carboxylic acids is 1. The summed E-state index contributed by atoms with van der Waals surface area (Å²) in [6.07, 6.45) is 0.294. The van der Waals surface area contributed by atoms with Crippen LogP contribution in [0.5, 0.6) is 5.75 Å². The summed E-state index contributed by atoms with van der Waals surface area (Å²) in [4.78, 5) is 12.6. The second-order valence-electron chi connectivity index (χ2n) is 6.03. The fourth-order valence-electron chi connectivity index (χ4n) is 3.16. The molecule has 0 atom stereocenters. The van der Waals surface area contributed by atoms with Crippen LogP contribution < -0.4 is 0 Å². The number of hydrogen-bond acceptors (Lipinski definition) is 2. The van der Waals surface area contributed by atoms with Gasteiger partial charge in [0.05, 0.1) is 7.14 Å². The van der Waals surface area contributed by atoms with Crippen LogP contribution in [0.1, 0.15) is 16.7 Å². The Hall–Kier alpha value is -1.61. The van der Waals surface area contributed by atoms with Gasteiger partial charge >= 0.3 is 5.97 Å². The Balaban J connectivity index is 2.23. The van der Waals surface area contributed by atoms with Gasteiger partial charge in [-0.05, 0) is 80.4 Å². The van der Waals surface area contributed by atoms with Crippen LogP contribution in [0.3, 0.4) is 0 Å². The zero-order valence-electron chi connectivity index (χ0n) is 13.7. The van der Waals surface area contributed by atoms with E-state index in [1.807, 2.05) is 72.8 Å². The van der Waals surface area contributed by atoms with Gasteiger partial charge in [0.1, 0.15) is 11.2 Å². The van der Waals surface area contributed by atoms with E-state index in [1.54, 1.807) is 0 Å². The summed E-state index contributed by atoms with van der Waals surface area (Å²) in [7, 11) is 0. The SMILES string of the molecule is O=C(O)C(Cc1cc(I)c(O)c(I)c1)(c1ccccc1)c1ccccc1. The molecule has 132 valence electrons. The molecule has 0 heterocycles. The molecule has 5 heteroatoms. The van der Waals surface area contributed by atoms with Gasteiger partial charge in [-0.1, -0.05) is 60.7 Å². The third-order valence-electron chi connectivity index (χ3n) is 4.44. The summed E-state index contributed by atoms with van der Waals surface area (Å²) in [5.41, 5.74) is 1.13. The molecule has 26 heavy (non-hydrogen) atoms. The molecule has 3 aromatic rings. The molecule has 0 aromatic heterocycles. The fourth-order valence-corrected chi connectivity index (χ4v) is 5.06. The zero-order chi connectivity index (χ0) is 18.7. The molecule has 3 nitrogen and oxygen atoms in total. The van der Waals surface area contributed by atoms with Crippen LogP contribution in [0, 0.1) is 7.14 Å². The molecular formula is C21H16I2O3. The Bertz CT molecular complexity index is 862. The largest absolute Gasteiger partial charge is 0.506 e. The highest BCUT2D eigenvalue weighted by molar-refractivity contribution is 14.1. The second-order valence-corrected chi connectivity index (χ2v) is 8.35. The number of carboxylic acid groups (broad SMARTS) is 1. The van der Waals surface area contributed by atoms with Crippen molar-refractivity contribution < 1.29 is 15.0 Å². The van der Waals surface area contributed by atoms with Crippen LogP contribution >= 0.6 is 45.2 Å². The highest BCUT2D eigenvalue weighted by Crippen LogP contribution is 2.38. The topological polar surface area (TPSA) is 57.5 Å². The Morgan fingerprint density at radius 1 is 0.846 bits per heavy atom. The average Bonchev–Trinajstić information content (AvgIpc) is 2.65. The highest BCUT2D eigenvalue weighted by Gasteiger charge is 2.42. The second kappa shape index (κ2) is 7.96. The van der Waals surface area contributed by atoms with Crippen LogP contribution in [0.4, 0.5) is 0 Å². The van der Waals surface area contributed by atoms with Gasteiger partial charge in [0, 0.05) is 0 Å². The standard InChI is InChI=1S/C21H16I2O3/c22-17-11-14(12-18(23)19(17)24)13-21(20(25)26,15-7-3-1-4-8-15)16-9-5-2-6-10-16/h1-12,24H,13H2,(H,25,26). The van der Waals surface area contributed by atoms with E-state index in [-0.39, 0.29) is 5.75 Å². The Morgan fingerprint density at radius 3 is 1.65 bits per heavy atom. The summed E-state index contributed by atoms with van der Waals surface area (Å²) in [6.45, 7) is 0. The quantitative estimate of drug-likeness (QED) is 0.415. The number of halogens is 2. The van der Waals surface area contributed by atoms with E-state index in [1.165, 1.54) is 0 Å². The van der Waals surface area contributed by atoms with E-state index in [2.05, 4.69) is 45.2 Å². The molecule has 0 fully saturated rings. The van der Waals surface area contributed by atoms with E-state index in [0.717, 1.165) is 16.7 Å². The summed E-state index contributed by atoms with van der Waals surface area (Å²) in [6, 6.07) is 22.3. The third-order valence-corrected chi connectivity index (χ3v) is 6.09. The smallest absolute Gasteiger partial charge is 0.318 e. The molecule has 3 aromatic carbocycles. The molecule has 2 N–H and O–H groups in total. The van der Waals surface area contributed by atoms with E-state index >= 15 is 0 Å². The van der Waals surface area contributed by atoms with Crippen LogP contribution in [0.15, 0.2) is 72.8 Å². The molecule has 0 aliphatic carbocycles. The molecule has 0 unspecified atom stereocenters. The molecule has 0 radical (unpaired) electrons.